The van der Waals surface area contributed by atoms with Gasteiger partial charge in [-0.25, -0.2) is 8.42 Å². The number of Topliss-reactive ketones (excluding diaryl/α,β-unsaturated/α-hetero) is 1. The molecule has 0 unspecified atom stereocenters. The summed E-state index contributed by atoms with van der Waals surface area (Å²) < 4.78 is 29.1. The Kier molecular flexibility index (Phi) is 5.76. The van der Waals surface area contributed by atoms with Gasteiger partial charge in [0.2, 0.25) is 15.8 Å². The molecule has 1 fully saturated rings. The third-order valence-electron chi connectivity index (χ3n) is 5.37. The van der Waals surface area contributed by atoms with E-state index in [-0.39, 0.29) is 15.7 Å². The van der Waals surface area contributed by atoms with Crippen LogP contribution in [0, 0.1) is 13.8 Å². The van der Waals surface area contributed by atoms with E-state index in [0.29, 0.717) is 32.7 Å². The van der Waals surface area contributed by atoms with Crippen molar-refractivity contribution in [3.63, 3.8) is 0 Å². The van der Waals surface area contributed by atoms with Gasteiger partial charge in [0.15, 0.2) is 0 Å². The highest BCUT2D eigenvalue weighted by Gasteiger charge is 2.32. The van der Waals surface area contributed by atoms with Crippen LogP contribution >= 0.6 is 11.6 Å². The standard InChI is InChI=1S/C19H24ClN3O3S/c1-14-12-16(15(2)21(14)3)18(24)13-22-8-10-23(11-9-22)27(25,26)19-7-5-4-6-17(19)20/h4-7,12H,8-11,13H2,1-3H3/p+1. The van der Waals surface area contributed by atoms with Crippen molar-refractivity contribution >= 4 is 27.4 Å². The maximum atomic E-state index is 12.8. The molecule has 2 heterocycles. The lowest BCUT2D eigenvalue weighted by Gasteiger charge is -2.31. The Morgan fingerprint density at radius 2 is 1.81 bits per heavy atom. The van der Waals surface area contributed by atoms with Gasteiger partial charge in [0, 0.05) is 24.0 Å². The van der Waals surface area contributed by atoms with Gasteiger partial charge in [-0.1, -0.05) is 23.7 Å². The molecular weight excluding hydrogens is 386 g/mol. The van der Waals surface area contributed by atoms with Crippen LogP contribution in [0.4, 0.5) is 0 Å². The third kappa shape index (κ3) is 3.96. The molecule has 1 N–H and O–H groups in total. The van der Waals surface area contributed by atoms with Crippen molar-refractivity contribution in [2.75, 3.05) is 32.7 Å². The Labute approximate surface area is 165 Å². The predicted octanol–water partition coefficient (Wildman–Crippen LogP) is 1.07. The number of ketones is 1. The number of sulfonamides is 1. The van der Waals surface area contributed by atoms with E-state index in [9.17, 15) is 13.2 Å². The normalized spacial score (nSPS) is 16.6. The molecule has 1 aliphatic heterocycles. The van der Waals surface area contributed by atoms with Gasteiger partial charge in [-0.2, -0.15) is 4.31 Å². The van der Waals surface area contributed by atoms with Gasteiger partial charge in [0.25, 0.3) is 0 Å². The molecule has 0 aliphatic carbocycles. The number of aryl methyl sites for hydroxylation is 1. The summed E-state index contributed by atoms with van der Waals surface area (Å²) in [7, 11) is -1.65. The van der Waals surface area contributed by atoms with Gasteiger partial charge >= 0.3 is 0 Å². The molecule has 0 atom stereocenters. The summed E-state index contributed by atoms with van der Waals surface area (Å²) >= 11 is 6.07. The molecule has 1 aromatic heterocycles. The van der Waals surface area contributed by atoms with Crippen molar-refractivity contribution in [1.82, 2.24) is 8.87 Å². The maximum absolute atomic E-state index is 12.8. The zero-order valence-electron chi connectivity index (χ0n) is 15.8. The number of aromatic nitrogens is 1. The monoisotopic (exact) mass is 410 g/mol. The van der Waals surface area contributed by atoms with E-state index >= 15 is 0 Å². The van der Waals surface area contributed by atoms with Crippen molar-refractivity contribution < 1.29 is 18.1 Å². The fourth-order valence-corrected chi connectivity index (χ4v) is 5.41. The van der Waals surface area contributed by atoms with Gasteiger partial charge in [-0.05, 0) is 32.0 Å². The van der Waals surface area contributed by atoms with Gasteiger partial charge in [0.1, 0.15) is 11.4 Å². The highest BCUT2D eigenvalue weighted by molar-refractivity contribution is 7.89. The third-order valence-corrected chi connectivity index (χ3v) is 7.77. The van der Waals surface area contributed by atoms with Crippen LogP contribution < -0.4 is 4.90 Å². The molecule has 0 bridgehead atoms. The molecular formula is C19H25ClN3O3S+. The van der Waals surface area contributed by atoms with E-state index in [1.165, 1.54) is 10.4 Å². The summed E-state index contributed by atoms with van der Waals surface area (Å²) in [6, 6.07) is 8.42. The molecule has 8 heteroatoms. The van der Waals surface area contributed by atoms with Crippen molar-refractivity contribution in [1.29, 1.82) is 0 Å². The molecule has 0 spiro atoms. The van der Waals surface area contributed by atoms with Crippen LogP contribution in [0.3, 0.4) is 0 Å². The molecule has 1 aliphatic rings. The number of rotatable bonds is 5. The van der Waals surface area contributed by atoms with Crippen LogP contribution in [0.2, 0.25) is 5.02 Å². The Bertz CT molecular complexity index is 961. The maximum Gasteiger partial charge on any atom is 0.244 e. The molecule has 6 nitrogen and oxygen atoms in total. The number of carbonyl (C=O) groups excluding carboxylic acids is 1. The quantitative estimate of drug-likeness (QED) is 0.750. The lowest BCUT2D eigenvalue weighted by atomic mass is 10.1. The molecule has 2 aromatic rings. The lowest BCUT2D eigenvalue weighted by molar-refractivity contribution is -0.895. The van der Waals surface area contributed by atoms with Crippen molar-refractivity contribution in [2.45, 2.75) is 18.7 Å². The number of hydrogen-bond donors (Lipinski definition) is 1. The summed E-state index contributed by atoms with van der Waals surface area (Å²) in [4.78, 5) is 13.9. The highest BCUT2D eigenvalue weighted by atomic mass is 35.5. The number of benzene rings is 1. The first kappa shape index (κ1) is 20.1. The van der Waals surface area contributed by atoms with E-state index in [1.807, 2.05) is 31.5 Å². The summed E-state index contributed by atoms with van der Waals surface area (Å²) in [5.74, 6) is 0.105. The molecule has 0 saturated carbocycles. The van der Waals surface area contributed by atoms with Crippen LogP contribution in [0.1, 0.15) is 21.7 Å². The minimum absolute atomic E-state index is 0.105. The summed E-state index contributed by atoms with van der Waals surface area (Å²) in [5, 5.41) is 0.234. The van der Waals surface area contributed by atoms with E-state index in [4.69, 9.17) is 11.6 Å². The summed E-state index contributed by atoms with van der Waals surface area (Å²) in [5.41, 5.74) is 2.78. The number of quaternary nitrogens is 1. The number of nitrogens with zero attached hydrogens (tertiary/aromatic N) is 2. The van der Waals surface area contributed by atoms with Gasteiger partial charge < -0.3 is 9.47 Å². The van der Waals surface area contributed by atoms with Gasteiger partial charge in [-0.3, -0.25) is 4.79 Å². The first-order valence-corrected chi connectivity index (χ1v) is 10.8. The molecule has 3 rings (SSSR count). The van der Waals surface area contributed by atoms with E-state index in [0.717, 1.165) is 21.9 Å². The molecule has 1 aromatic carbocycles. The topological polar surface area (TPSA) is 63.8 Å². The number of nitrogens with one attached hydrogen (secondary N) is 1. The van der Waals surface area contributed by atoms with Gasteiger partial charge in [-0.15, -0.1) is 0 Å². The van der Waals surface area contributed by atoms with E-state index < -0.39 is 10.0 Å². The molecule has 1 saturated heterocycles. The number of carbonyl (C=O) groups is 1. The fourth-order valence-electron chi connectivity index (χ4n) is 3.47. The SMILES string of the molecule is Cc1cc(C(=O)C[NH+]2CCN(S(=O)(=O)c3ccccc3Cl)CC2)c(C)n1C. The summed E-state index contributed by atoms with van der Waals surface area (Å²) in [6.07, 6.45) is 0. The molecule has 0 radical (unpaired) electrons. The number of halogens is 1. The first-order chi connectivity index (χ1) is 12.7. The minimum Gasteiger partial charge on any atom is -0.351 e. The van der Waals surface area contributed by atoms with Crippen LogP contribution in [0.25, 0.3) is 0 Å². The zero-order valence-corrected chi connectivity index (χ0v) is 17.4. The van der Waals surface area contributed by atoms with Crippen LogP contribution in [0.15, 0.2) is 35.2 Å². The van der Waals surface area contributed by atoms with Crippen LogP contribution in [-0.4, -0.2) is 55.8 Å². The molecule has 146 valence electrons. The van der Waals surface area contributed by atoms with E-state index in [2.05, 4.69) is 0 Å². The second-order valence-corrected chi connectivity index (χ2v) is 9.34. The Morgan fingerprint density at radius 3 is 2.37 bits per heavy atom. The van der Waals surface area contributed by atoms with Crippen molar-refractivity contribution in [3.8, 4) is 0 Å². The lowest BCUT2D eigenvalue weighted by Crippen LogP contribution is -3.15. The zero-order chi connectivity index (χ0) is 19.8. The predicted molar refractivity (Wildman–Crippen MR) is 105 cm³/mol. The second kappa shape index (κ2) is 7.75. The first-order valence-electron chi connectivity index (χ1n) is 8.96. The summed E-state index contributed by atoms with van der Waals surface area (Å²) in [6.45, 7) is 6.26. The number of hydrogen-bond acceptors (Lipinski definition) is 3. The average molecular weight is 411 g/mol. The van der Waals surface area contributed by atoms with Crippen LogP contribution in [-0.2, 0) is 17.1 Å². The van der Waals surface area contributed by atoms with Crippen molar-refractivity contribution in [3.05, 3.63) is 52.3 Å². The Balaban J connectivity index is 1.64. The van der Waals surface area contributed by atoms with Crippen LogP contribution in [0.5, 0.6) is 0 Å². The second-order valence-electron chi connectivity index (χ2n) is 7.03. The smallest absolute Gasteiger partial charge is 0.244 e. The Hall–Kier alpha value is -1.67. The van der Waals surface area contributed by atoms with E-state index in [1.54, 1.807) is 18.2 Å². The number of piperazine rings is 1. The average Bonchev–Trinajstić information content (AvgIpc) is 2.90. The van der Waals surface area contributed by atoms with Crippen molar-refractivity contribution in [2.24, 2.45) is 7.05 Å². The minimum atomic E-state index is -3.61. The fraction of sp³-hybridized carbons (Fsp3) is 0.421. The molecule has 27 heavy (non-hydrogen) atoms. The largest absolute Gasteiger partial charge is 0.351 e. The molecule has 0 amide bonds. The highest BCUT2D eigenvalue weighted by Crippen LogP contribution is 2.24. The Morgan fingerprint density at radius 1 is 1.19 bits per heavy atom. The van der Waals surface area contributed by atoms with Gasteiger partial charge in [0.05, 0.1) is 31.2 Å².